The Morgan fingerprint density at radius 3 is 2.32 bits per heavy atom. The Bertz CT molecular complexity index is 1110. The highest BCUT2D eigenvalue weighted by Crippen LogP contribution is 2.10. The summed E-state index contributed by atoms with van der Waals surface area (Å²) >= 11 is 0. The van der Waals surface area contributed by atoms with E-state index in [1.807, 2.05) is 6.07 Å². The molecule has 1 aromatic heterocycles. The Balaban J connectivity index is 0.000000350. The van der Waals surface area contributed by atoms with Gasteiger partial charge in [0.25, 0.3) is 0 Å². The van der Waals surface area contributed by atoms with Gasteiger partial charge in [0, 0.05) is 75.3 Å². The Hall–Kier alpha value is -3.86. The van der Waals surface area contributed by atoms with Crippen LogP contribution in [0.3, 0.4) is 0 Å². The number of carbonyl (C=O) groups is 2. The SMILES string of the molecule is Fc1cnc(N2CCN(CCNC3=c4ccccc4=NCC3)CC2)nc1.O=C(O)C=CC(=O)O. The molecule has 1 aromatic carbocycles. The van der Waals surface area contributed by atoms with Crippen molar-refractivity contribution < 1.29 is 24.2 Å². The van der Waals surface area contributed by atoms with E-state index in [1.54, 1.807) is 0 Å². The molecule has 0 atom stereocenters. The van der Waals surface area contributed by atoms with E-state index in [9.17, 15) is 14.0 Å². The van der Waals surface area contributed by atoms with Gasteiger partial charge < -0.3 is 20.4 Å². The Labute approximate surface area is 195 Å². The number of carboxylic acid groups (broad SMARTS) is 2. The van der Waals surface area contributed by atoms with E-state index in [0.29, 0.717) is 18.1 Å². The number of hydrogen-bond donors (Lipinski definition) is 3. The maximum Gasteiger partial charge on any atom is 0.328 e. The zero-order chi connectivity index (χ0) is 24.3. The van der Waals surface area contributed by atoms with Gasteiger partial charge in [-0.1, -0.05) is 18.2 Å². The number of hydrogen-bond acceptors (Lipinski definition) is 8. The summed E-state index contributed by atoms with van der Waals surface area (Å²) in [4.78, 5) is 36.4. The molecule has 2 aliphatic heterocycles. The number of rotatable bonds is 7. The first-order valence-corrected chi connectivity index (χ1v) is 10.9. The molecule has 0 spiro atoms. The van der Waals surface area contributed by atoms with Crippen molar-refractivity contribution in [1.29, 1.82) is 0 Å². The molecule has 0 bridgehead atoms. The van der Waals surface area contributed by atoms with Crippen molar-refractivity contribution in [2.45, 2.75) is 6.42 Å². The lowest BCUT2D eigenvalue weighted by Gasteiger charge is -2.34. The maximum atomic E-state index is 12.9. The molecule has 0 unspecified atom stereocenters. The summed E-state index contributed by atoms with van der Waals surface area (Å²) in [6.07, 6.45) is 4.55. The molecule has 34 heavy (non-hydrogen) atoms. The molecule has 3 N–H and O–H groups in total. The van der Waals surface area contributed by atoms with Crippen LogP contribution in [0.2, 0.25) is 0 Å². The first-order chi connectivity index (χ1) is 16.4. The molecule has 2 aromatic rings. The number of aromatic nitrogens is 2. The largest absolute Gasteiger partial charge is 0.478 e. The molecule has 0 amide bonds. The second-order valence-corrected chi connectivity index (χ2v) is 7.59. The average molecular weight is 471 g/mol. The molecular weight excluding hydrogens is 443 g/mol. The van der Waals surface area contributed by atoms with Gasteiger partial charge in [-0.2, -0.15) is 0 Å². The third kappa shape index (κ3) is 7.62. The van der Waals surface area contributed by atoms with Crippen LogP contribution in [0.4, 0.5) is 10.3 Å². The molecule has 1 fully saturated rings. The number of nitrogens with zero attached hydrogens (tertiary/aromatic N) is 5. The fourth-order valence-electron chi connectivity index (χ4n) is 3.62. The molecular formula is C23H27FN6O4. The molecule has 4 rings (SSSR count). The van der Waals surface area contributed by atoms with Gasteiger partial charge in [-0.25, -0.2) is 23.9 Å². The first kappa shape index (κ1) is 24.8. The van der Waals surface area contributed by atoms with E-state index in [0.717, 1.165) is 57.6 Å². The van der Waals surface area contributed by atoms with Gasteiger partial charge >= 0.3 is 11.9 Å². The molecule has 0 saturated carbocycles. The fraction of sp³-hybridized carbons (Fsp3) is 0.348. The van der Waals surface area contributed by atoms with E-state index in [4.69, 9.17) is 10.2 Å². The number of carboxylic acids is 2. The first-order valence-electron chi connectivity index (χ1n) is 10.9. The smallest absolute Gasteiger partial charge is 0.328 e. The molecule has 11 heteroatoms. The second-order valence-electron chi connectivity index (χ2n) is 7.59. The fourth-order valence-corrected chi connectivity index (χ4v) is 3.62. The second kappa shape index (κ2) is 12.4. The van der Waals surface area contributed by atoms with Crippen molar-refractivity contribution in [1.82, 2.24) is 20.2 Å². The van der Waals surface area contributed by atoms with Crippen molar-refractivity contribution in [2.24, 2.45) is 4.99 Å². The predicted octanol–water partition coefficient (Wildman–Crippen LogP) is -0.129. The van der Waals surface area contributed by atoms with Crippen molar-refractivity contribution >= 4 is 23.6 Å². The van der Waals surface area contributed by atoms with Crippen LogP contribution in [0.25, 0.3) is 5.70 Å². The number of aliphatic carboxylic acids is 2. The quantitative estimate of drug-likeness (QED) is 0.474. The normalized spacial score (nSPS) is 15.7. The van der Waals surface area contributed by atoms with Crippen LogP contribution in [-0.2, 0) is 9.59 Å². The zero-order valence-corrected chi connectivity index (χ0v) is 18.6. The lowest BCUT2D eigenvalue weighted by Crippen LogP contribution is -2.48. The number of anilines is 1. The molecule has 0 radical (unpaired) electrons. The van der Waals surface area contributed by atoms with Gasteiger partial charge in [-0.3, -0.25) is 9.89 Å². The number of piperazine rings is 1. The predicted molar refractivity (Wildman–Crippen MR) is 123 cm³/mol. The van der Waals surface area contributed by atoms with Gasteiger partial charge in [0.1, 0.15) is 0 Å². The number of benzene rings is 1. The average Bonchev–Trinajstić information content (AvgIpc) is 2.84. The Morgan fingerprint density at radius 1 is 1.03 bits per heavy atom. The van der Waals surface area contributed by atoms with Gasteiger partial charge in [-0.15, -0.1) is 0 Å². The lowest BCUT2D eigenvalue weighted by atomic mass is 10.1. The van der Waals surface area contributed by atoms with Crippen LogP contribution < -0.4 is 20.8 Å². The highest BCUT2D eigenvalue weighted by atomic mass is 19.1. The third-order valence-corrected chi connectivity index (χ3v) is 5.27. The summed E-state index contributed by atoms with van der Waals surface area (Å²) in [6.45, 7) is 6.44. The third-order valence-electron chi connectivity index (χ3n) is 5.27. The van der Waals surface area contributed by atoms with E-state index in [-0.39, 0.29) is 0 Å². The number of nitrogens with one attached hydrogen (secondary N) is 1. The summed E-state index contributed by atoms with van der Waals surface area (Å²) in [5, 5.41) is 21.6. The van der Waals surface area contributed by atoms with E-state index in [2.05, 4.69) is 48.3 Å². The molecule has 1 saturated heterocycles. The van der Waals surface area contributed by atoms with Crippen molar-refractivity contribution in [3.63, 3.8) is 0 Å². The molecule has 2 aliphatic rings. The molecule has 0 aliphatic carbocycles. The summed E-state index contributed by atoms with van der Waals surface area (Å²) in [5.74, 6) is -2.30. The van der Waals surface area contributed by atoms with Crippen LogP contribution in [-0.4, -0.2) is 82.8 Å². The monoisotopic (exact) mass is 470 g/mol. The Morgan fingerprint density at radius 2 is 1.68 bits per heavy atom. The number of halogens is 1. The van der Waals surface area contributed by atoms with E-state index >= 15 is 0 Å². The number of para-hydroxylation sites is 1. The summed E-state index contributed by atoms with van der Waals surface area (Å²) in [7, 11) is 0. The van der Waals surface area contributed by atoms with E-state index in [1.165, 1.54) is 23.3 Å². The zero-order valence-electron chi connectivity index (χ0n) is 18.6. The van der Waals surface area contributed by atoms with E-state index < -0.39 is 17.8 Å². The van der Waals surface area contributed by atoms with Gasteiger partial charge in [-0.05, 0) is 6.07 Å². The van der Waals surface area contributed by atoms with Crippen molar-refractivity contribution in [2.75, 3.05) is 50.7 Å². The van der Waals surface area contributed by atoms with Crippen molar-refractivity contribution in [3.8, 4) is 0 Å². The maximum absolute atomic E-state index is 12.9. The van der Waals surface area contributed by atoms with Crippen molar-refractivity contribution in [3.05, 3.63) is 65.2 Å². The molecule has 3 heterocycles. The van der Waals surface area contributed by atoms with Crippen LogP contribution in [0.1, 0.15) is 6.42 Å². The summed E-state index contributed by atoms with van der Waals surface area (Å²) in [6, 6.07) is 8.32. The molecule has 10 nitrogen and oxygen atoms in total. The molecule has 180 valence electrons. The Kier molecular flexibility index (Phi) is 9.04. The standard InChI is InChI=1S/C19H23FN6.C4H4O4/c20-15-13-23-19(24-14-15)26-11-9-25(10-12-26)8-7-22-18-5-6-21-17-4-2-1-3-16(17)18;5-3(6)1-2-4(7)8/h1-4,13-14,22H,5-12H2;1-2H,(H,5,6)(H,7,8). The lowest BCUT2D eigenvalue weighted by molar-refractivity contribution is -0.134. The summed E-state index contributed by atoms with van der Waals surface area (Å²) in [5.41, 5.74) is 1.30. The minimum absolute atomic E-state index is 0.395. The van der Waals surface area contributed by atoms with Crippen LogP contribution >= 0.6 is 0 Å². The minimum atomic E-state index is -1.26. The highest BCUT2D eigenvalue weighted by molar-refractivity contribution is 5.89. The van der Waals surface area contributed by atoms with Crippen LogP contribution in [0.15, 0.2) is 53.8 Å². The van der Waals surface area contributed by atoms with Crippen LogP contribution in [0, 0.1) is 5.82 Å². The van der Waals surface area contributed by atoms with Crippen LogP contribution in [0.5, 0.6) is 0 Å². The van der Waals surface area contributed by atoms with Gasteiger partial charge in [0.05, 0.1) is 17.8 Å². The van der Waals surface area contributed by atoms with Gasteiger partial charge in [0.2, 0.25) is 5.95 Å². The number of fused-ring (bicyclic) bond motifs is 1. The minimum Gasteiger partial charge on any atom is -0.478 e. The highest BCUT2D eigenvalue weighted by Gasteiger charge is 2.18. The van der Waals surface area contributed by atoms with Gasteiger partial charge in [0.15, 0.2) is 5.82 Å². The topological polar surface area (TPSA) is 131 Å². The summed E-state index contributed by atoms with van der Waals surface area (Å²) < 4.78 is 12.9.